The van der Waals surface area contributed by atoms with Gasteiger partial charge in [-0.15, -0.1) is 0 Å². The van der Waals surface area contributed by atoms with Crippen LogP contribution in [0.5, 0.6) is 0 Å². The van der Waals surface area contributed by atoms with Crippen LogP contribution >= 0.6 is 0 Å². The largest absolute Gasteiger partial charge is 0.450 e. The number of rotatable bonds is 2. The van der Waals surface area contributed by atoms with Crippen LogP contribution in [-0.4, -0.2) is 29.8 Å². The van der Waals surface area contributed by atoms with Gasteiger partial charge in [0.15, 0.2) is 17.2 Å². The van der Waals surface area contributed by atoms with Crippen molar-refractivity contribution in [3.8, 4) is 0 Å². The fraction of sp³-hybridized carbons (Fsp3) is 0.471. The van der Waals surface area contributed by atoms with Crippen molar-refractivity contribution in [2.24, 2.45) is 5.92 Å². The monoisotopic (exact) mass is 287 g/mol. The number of nitrogens with zero attached hydrogens (tertiary/aromatic N) is 1. The molecule has 3 nitrogen and oxygen atoms in total. The zero-order valence-electron chi connectivity index (χ0n) is 12.0. The molecule has 0 amide bonds. The molecule has 4 rings (SSSR count). The standard InChI is InChI=1S/C17H18FNO2/c1-19-12-5-6-13(19)8-11(7-12)16(20)15-9-10-3-2-4-14(18)17(10)21-15/h2-4,9,11-13H,5-8H2,1H3. The lowest BCUT2D eigenvalue weighted by Crippen LogP contribution is -2.42. The van der Waals surface area contributed by atoms with Crippen molar-refractivity contribution >= 4 is 16.8 Å². The molecule has 2 fully saturated rings. The van der Waals surface area contributed by atoms with Gasteiger partial charge in [0.1, 0.15) is 0 Å². The highest BCUT2D eigenvalue weighted by molar-refractivity contribution is 5.99. The average Bonchev–Trinajstić information content (AvgIpc) is 2.97. The lowest BCUT2D eigenvalue weighted by Gasteiger charge is -2.35. The summed E-state index contributed by atoms with van der Waals surface area (Å²) in [5, 5.41) is 0.661. The summed E-state index contributed by atoms with van der Waals surface area (Å²) in [4.78, 5) is 15.1. The first-order valence-electron chi connectivity index (χ1n) is 7.57. The van der Waals surface area contributed by atoms with Crippen molar-refractivity contribution in [2.45, 2.75) is 37.8 Å². The molecule has 1 aromatic carbocycles. The topological polar surface area (TPSA) is 33.5 Å². The number of furan rings is 1. The first-order chi connectivity index (χ1) is 10.1. The molecule has 2 unspecified atom stereocenters. The van der Waals surface area contributed by atoms with Crippen LogP contribution in [0.25, 0.3) is 11.0 Å². The summed E-state index contributed by atoms with van der Waals surface area (Å²) in [6, 6.07) is 7.48. The van der Waals surface area contributed by atoms with Crippen molar-refractivity contribution < 1.29 is 13.6 Å². The summed E-state index contributed by atoms with van der Waals surface area (Å²) >= 11 is 0. The second-order valence-corrected chi connectivity index (χ2v) is 6.35. The van der Waals surface area contributed by atoms with Gasteiger partial charge in [-0.3, -0.25) is 4.79 Å². The number of hydrogen-bond acceptors (Lipinski definition) is 3. The minimum Gasteiger partial charge on any atom is -0.450 e. The van der Waals surface area contributed by atoms with E-state index < -0.39 is 5.82 Å². The van der Waals surface area contributed by atoms with Crippen molar-refractivity contribution in [1.82, 2.24) is 4.90 Å². The van der Waals surface area contributed by atoms with Gasteiger partial charge in [-0.1, -0.05) is 12.1 Å². The molecule has 2 bridgehead atoms. The summed E-state index contributed by atoms with van der Waals surface area (Å²) in [6.45, 7) is 0. The van der Waals surface area contributed by atoms with Crippen molar-refractivity contribution in [1.29, 1.82) is 0 Å². The Hall–Kier alpha value is -1.68. The van der Waals surface area contributed by atoms with Crippen LogP contribution in [0, 0.1) is 11.7 Å². The zero-order chi connectivity index (χ0) is 14.6. The van der Waals surface area contributed by atoms with E-state index in [2.05, 4.69) is 11.9 Å². The predicted molar refractivity (Wildman–Crippen MR) is 77.8 cm³/mol. The van der Waals surface area contributed by atoms with E-state index in [4.69, 9.17) is 4.42 Å². The SMILES string of the molecule is CN1C2CCC1CC(C(=O)c1cc3cccc(F)c3o1)C2. The molecule has 2 aliphatic heterocycles. The number of para-hydroxylation sites is 1. The summed E-state index contributed by atoms with van der Waals surface area (Å²) in [6.07, 6.45) is 4.15. The van der Waals surface area contributed by atoms with Gasteiger partial charge in [0.2, 0.25) is 5.78 Å². The minimum atomic E-state index is -0.407. The molecule has 0 N–H and O–H groups in total. The molecular weight excluding hydrogens is 269 g/mol. The van der Waals surface area contributed by atoms with Gasteiger partial charge in [-0.25, -0.2) is 4.39 Å². The number of piperidine rings is 1. The number of Topliss-reactive ketones (excluding diaryl/α,β-unsaturated/α-hetero) is 1. The second-order valence-electron chi connectivity index (χ2n) is 6.35. The predicted octanol–water partition coefficient (Wildman–Crippen LogP) is 3.63. The molecule has 21 heavy (non-hydrogen) atoms. The van der Waals surface area contributed by atoms with E-state index >= 15 is 0 Å². The van der Waals surface area contributed by atoms with Crippen LogP contribution in [0.4, 0.5) is 4.39 Å². The normalized spacial score (nSPS) is 29.1. The summed E-state index contributed by atoms with van der Waals surface area (Å²) < 4.78 is 19.2. The maximum absolute atomic E-state index is 13.7. The molecule has 4 heteroatoms. The lowest BCUT2D eigenvalue weighted by molar-refractivity contribution is 0.0742. The number of ketones is 1. The van der Waals surface area contributed by atoms with E-state index in [1.807, 2.05) is 0 Å². The number of fused-ring (bicyclic) bond motifs is 3. The van der Waals surface area contributed by atoms with Gasteiger partial charge in [0.25, 0.3) is 0 Å². The maximum atomic E-state index is 13.7. The Morgan fingerprint density at radius 1 is 1.29 bits per heavy atom. The number of carbonyl (C=O) groups is 1. The second kappa shape index (κ2) is 4.67. The van der Waals surface area contributed by atoms with E-state index in [1.54, 1.807) is 18.2 Å². The van der Waals surface area contributed by atoms with E-state index in [9.17, 15) is 9.18 Å². The van der Waals surface area contributed by atoms with E-state index in [0.29, 0.717) is 23.2 Å². The van der Waals surface area contributed by atoms with Gasteiger partial charge in [-0.05, 0) is 44.9 Å². The van der Waals surface area contributed by atoms with E-state index in [1.165, 1.54) is 18.9 Å². The molecule has 0 aliphatic carbocycles. The van der Waals surface area contributed by atoms with Gasteiger partial charge in [-0.2, -0.15) is 0 Å². The Balaban J connectivity index is 1.63. The highest BCUT2D eigenvalue weighted by atomic mass is 19.1. The molecule has 0 saturated carbocycles. The zero-order valence-corrected chi connectivity index (χ0v) is 12.0. The summed E-state index contributed by atoms with van der Waals surface area (Å²) in [5.74, 6) is -0.0445. The van der Waals surface area contributed by atoms with Gasteiger partial charge < -0.3 is 9.32 Å². The molecule has 1 aromatic heterocycles. The molecule has 0 spiro atoms. The van der Waals surface area contributed by atoms with Crippen molar-refractivity contribution in [3.05, 3.63) is 35.8 Å². The lowest BCUT2D eigenvalue weighted by atomic mass is 9.87. The van der Waals surface area contributed by atoms with E-state index in [-0.39, 0.29) is 17.3 Å². The van der Waals surface area contributed by atoms with E-state index in [0.717, 1.165) is 12.8 Å². The third-order valence-corrected chi connectivity index (χ3v) is 5.21. The summed E-state index contributed by atoms with van der Waals surface area (Å²) in [7, 11) is 2.15. The molecule has 3 heterocycles. The molecule has 0 radical (unpaired) electrons. The first kappa shape index (κ1) is 13.0. The third-order valence-electron chi connectivity index (χ3n) is 5.21. The quantitative estimate of drug-likeness (QED) is 0.791. The molecular formula is C17H18FNO2. The fourth-order valence-corrected chi connectivity index (χ4v) is 3.98. The van der Waals surface area contributed by atoms with Gasteiger partial charge >= 0.3 is 0 Å². The fourth-order valence-electron chi connectivity index (χ4n) is 3.98. The highest BCUT2D eigenvalue weighted by Gasteiger charge is 2.41. The first-order valence-corrected chi connectivity index (χ1v) is 7.57. The Labute approximate surface area is 122 Å². The van der Waals surface area contributed by atoms with Gasteiger partial charge in [0.05, 0.1) is 0 Å². The number of halogens is 1. The number of benzene rings is 1. The van der Waals surface area contributed by atoms with Crippen LogP contribution < -0.4 is 0 Å². The van der Waals surface area contributed by atoms with Crippen LogP contribution in [0.3, 0.4) is 0 Å². The van der Waals surface area contributed by atoms with Crippen LogP contribution in [0.15, 0.2) is 28.7 Å². The van der Waals surface area contributed by atoms with Crippen LogP contribution in [0.2, 0.25) is 0 Å². The number of hydrogen-bond donors (Lipinski definition) is 0. The smallest absolute Gasteiger partial charge is 0.201 e. The van der Waals surface area contributed by atoms with Gasteiger partial charge in [0, 0.05) is 23.4 Å². The molecule has 2 aliphatic rings. The Bertz CT molecular complexity index is 694. The van der Waals surface area contributed by atoms with Crippen molar-refractivity contribution in [2.75, 3.05) is 7.05 Å². The average molecular weight is 287 g/mol. The molecule has 2 atom stereocenters. The maximum Gasteiger partial charge on any atom is 0.201 e. The Morgan fingerprint density at radius 3 is 2.67 bits per heavy atom. The molecule has 110 valence electrons. The minimum absolute atomic E-state index is 0.0160. The summed E-state index contributed by atoms with van der Waals surface area (Å²) in [5.41, 5.74) is 0.191. The molecule has 2 aromatic rings. The van der Waals surface area contributed by atoms with Crippen molar-refractivity contribution in [3.63, 3.8) is 0 Å². The molecule has 2 saturated heterocycles. The number of carbonyl (C=O) groups excluding carboxylic acids is 1. The third kappa shape index (κ3) is 2.01. The van der Waals surface area contributed by atoms with Crippen LogP contribution in [-0.2, 0) is 0 Å². The Morgan fingerprint density at radius 2 is 2.00 bits per heavy atom. The Kier molecular flexibility index (Phi) is 2.89. The van der Waals surface area contributed by atoms with Crippen LogP contribution in [0.1, 0.15) is 36.2 Å². The highest BCUT2D eigenvalue weighted by Crippen LogP contribution is 2.39.